The van der Waals surface area contributed by atoms with Gasteiger partial charge in [-0.2, -0.15) is 0 Å². The molecule has 1 aliphatic rings. The minimum absolute atomic E-state index is 0.0350. The molecule has 2 aromatic rings. The molecule has 0 radical (unpaired) electrons. The first-order chi connectivity index (χ1) is 12.1. The molecule has 0 saturated heterocycles. The zero-order valence-electron chi connectivity index (χ0n) is 13.4. The number of carbonyl (C=O) groups is 3. The first-order valence-electron chi connectivity index (χ1n) is 7.85. The SMILES string of the molecule is C#CCNC(=O)C(Cc1ccccc1)N1C(=O)c2ccccc2C1=O. The van der Waals surface area contributed by atoms with Crippen molar-refractivity contribution in [1.82, 2.24) is 10.2 Å². The van der Waals surface area contributed by atoms with Crippen LogP contribution in [0.15, 0.2) is 54.6 Å². The maximum Gasteiger partial charge on any atom is 0.262 e. The third-order valence-electron chi connectivity index (χ3n) is 4.08. The van der Waals surface area contributed by atoms with E-state index in [1.165, 1.54) is 0 Å². The van der Waals surface area contributed by atoms with Gasteiger partial charge in [0.15, 0.2) is 0 Å². The van der Waals surface area contributed by atoms with Gasteiger partial charge in [0.1, 0.15) is 6.04 Å². The van der Waals surface area contributed by atoms with Gasteiger partial charge in [-0.15, -0.1) is 6.42 Å². The molecule has 1 heterocycles. The fourth-order valence-corrected chi connectivity index (χ4v) is 2.89. The van der Waals surface area contributed by atoms with E-state index in [9.17, 15) is 14.4 Å². The molecule has 25 heavy (non-hydrogen) atoms. The molecule has 1 N–H and O–H groups in total. The van der Waals surface area contributed by atoms with Crippen LogP contribution in [-0.4, -0.2) is 35.2 Å². The second-order valence-electron chi connectivity index (χ2n) is 5.65. The van der Waals surface area contributed by atoms with Crippen LogP contribution >= 0.6 is 0 Å². The second kappa shape index (κ2) is 7.02. The Kier molecular flexibility index (Phi) is 4.62. The van der Waals surface area contributed by atoms with Crippen molar-refractivity contribution in [3.05, 3.63) is 71.3 Å². The predicted octanol–water partition coefficient (Wildman–Crippen LogP) is 1.64. The zero-order chi connectivity index (χ0) is 17.8. The van der Waals surface area contributed by atoms with Crippen molar-refractivity contribution in [2.45, 2.75) is 12.5 Å². The molecule has 0 spiro atoms. The monoisotopic (exact) mass is 332 g/mol. The molecule has 5 heteroatoms. The largest absolute Gasteiger partial charge is 0.343 e. The van der Waals surface area contributed by atoms with Gasteiger partial charge >= 0.3 is 0 Å². The molecule has 1 atom stereocenters. The molecule has 0 fully saturated rings. The number of benzene rings is 2. The van der Waals surface area contributed by atoms with Crippen LogP contribution in [0.2, 0.25) is 0 Å². The van der Waals surface area contributed by atoms with Crippen molar-refractivity contribution in [1.29, 1.82) is 0 Å². The minimum atomic E-state index is -0.955. The molecule has 0 aromatic heterocycles. The fraction of sp³-hybridized carbons (Fsp3) is 0.150. The van der Waals surface area contributed by atoms with E-state index in [2.05, 4.69) is 11.2 Å². The molecule has 0 bridgehead atoms. The number of amides is 3. The number of rotatable bonds is 5. The number of nitrogens with one attached hydrogen (secondary N) is 1. The Morgan fingerprint density at radius 2 is 1.56 bits per heavy atom. The highest BCUT2D eigenvalue weighted by atomic mass is 16.2. The number of fused-ring (bicyclic) bond motifs is 1. The van der Waals surface area contributed by atoms with Crippen LogP contribution < -0.4 is 5.32 Å². The Labute approximate surface area is 145 Å². The average molecular weight is 332 g/mol. The Morgan fingerprint density at radius 3 is 2.12 bits per heavy atom. The van der Waals surface area contributed by atoms with Crippen LogP contribution in [0, 0.1) is 12.3 Å². The van der Waals surface area contributed by atoms with E-state index in [0.29, 0.717) is 11.1 Å². The summed E-state index contributed by atoms with van der Waals surface area (Å²) < 4.78 is 0. The fourth-order valence-electron chi connectivity index (χ4n) is 2.89. The van der Waals surface area contributed by atoms with Crippen LogP contribution in [-0.2, 0) is 11.2 Å². The van der Waals surface area contributed by atoms with Gasteiger partial charge in [-0.1, -0.05) is 48.4 Å². The summed E-state index contributed by atoms with van der Waals surface area (Å²) in [5, 5.41) is 2.58. The Balaban J connectivity index is 1.95. The normalized spacial score (nSPS) is 14.0. The highest BCUT2D eigenvalue weighted by molar-refractivity contribution is 6.22. The Hall–Kier alpha value is -3.39. The quantitative estimate of drug-likeness (QED) is 0.669. The van der Waals surface area contributed by atoms with E-state index in [4.69, 9.17) is 6.42 Å². The molecule has 1 unspecified atom stereocenters. The Morgan fingerprint density at radius 1 is 1.00 bits per heavy atom. The molecule has 3 rings (SSSR count). The number of terminal acetylenes is 1. The van der Waals surface area contributed by atoms with E-state index in [1.54, 1.807) is 24.3 Å². The summed E-state index contributed by atoms with van der Waals surface area (Å²) in [6.07, 6.45) is 5.42. The number of carbonyl (C=O) groups excluding carboxylic acids is 3. The summed E-state index contributed by atoms with van der Waals surface area (Å²) in [7, 11) is 0. The van der Waals surface area contributed by atoms with E-state index < -0.39 is 23.8 Å². The van der Waals surface area contributed by atoms with Gasteiger partial charge in [0, 0.05) is 6.42 Å². The number of hydrogen-bond donors (Lipinski definition) is 1. The van der Waals surface area contributed by atoms with Gasteiger partial charge in [-0.05, 0) is 17.7 Å². The van der Waals surface area contributed by atoms with Crippen molar-refractivity contribution in [2.75, 3.05) is 6.54 Å². The molecule has 0 aliphatic carbocycles. The maximum atomic E-state index is 12.7. The van der Waals surface area contributed by atoms with Crippen molar-refractivity contribution < 1.29 is 14.4 Å². The summed E-state index contributed by atoms with van der Waals surface area (Å²) in [5.41, 5.74) is 1.48. The van der Waals surface area contributed by atoms with E-state index in [1.807, 2.05) is 30.3 Å². The zero-order valence-corrected chi connectivity index (χ0v) is 13.4. The lowest BCUT2D eigenvalue weighted by Crippen LogP contribution is -2.50. The summed E-state index contributed by atoms with van der Waals surface area (Å²) in [6.45, 7) is 0.0350. The molecule has 5 nitrogen and oxygen atoms in total. The lowest BCUT2D eigenvalue weighted by molar-refractivity contribution is -0.124. The average Bonchev–Trinajstić information content (AvgIpc) is 2.90. The van der Waals surface area contributed by atoms with E-state index in [-0.39, 0.29) is 13.0 Å². The number of nitrogens with zero attached hydrogens (tertiary/aromatic N) is 1. The molecule has 124 valence electrons. The van der Waals surface area contributed by atoms with Crippen LogP contribution in [0.5, 0.6) is 0 Å². The third kappa shape index (κ3) is 3.15. The Bertz CT molecular complexity index is 833. The van der Waals surface area contributed by atoms with Crippen molar-refractivity contribution in [3.8, 4) is 12.3 Å². The van der Waals surface area contributed by atoms with Crippen LogP contribution in [0.4, 0.5) is 0 Å². The molecular weight excluding hydrogens is 316 g/mol. The van der Waals surface area contributed by atoms with Crippen molar-refractivity contribution in [2.24, 2.45) is 0 Å². The standard InChI is InChI=1S/C20H16N2O3/c1-2-12-21-18(23)17(13-14-8-4-3-5-9-14)22-19(24)15-10-6-7-11-16(15)20(22)25/h1,3-11,17H,12-13H2,(H,21,23). The number of imide groups is 1. The van der Waals surface area contributed by atoms with Crippen LogP contribution in [0.25, 0.3) is 0 Å². The highest BCUT2D eigenvalue weighted by Crippen LogP contribution is 2.26. The van der Waals surface area contributed by atoms with Gasteiger partial charge in [0.05, 0.1) is 17.7 Å². The van der Waals surface area contributed by atoms with Gasteiger partial charge in [-0.3, -0.25) is 19.3 Å². The molecule has 1 aliphatic heterocycles. The summed E-state index contributed by atoms with van der Waals surface area (Å²) in [4.78, 5) is 39.0. The smallest absolute Gasteiger partial charge is 0.262 e. The first kappa shape index (κ1) is 16.5. The van der Waals surface area contributed by atoms with Gasteiger partial charge < -0.3 is 5.32 Å². The summed E-state index contributed by atoms with van der Waals surface area (Å²) in [6, 6.07) is 14.8. The molecule has 0 saturated carbocycles. The van der Waals surface area contributed by atoms with Crippen LogP contribution in [0.1, 0.15) is 26.3 Å². The van der Waals surface area contributed by atoms with Gasteiger partial charge in [0.25, 0.3) is 11.8 Å². The molecule has 3 amide bonds. The number of hydrogen-bond acceptors (Lipinski definition) is 3. The van der Waals surface area contributed by atoms with Gasteiger partial charge in [-0.25, -0.2) is 0 Å². The maximum absolute atomic E-state index is 12.7. The predicted molar refractivity (Wildman–Crippen MR) is 92.7 cm³/mol. The lowest BCUT2D eigenvalue weighted by Gasteiger charge is -2.25. The van der Waals surface area contributed by atoms with E-state index >= 15 is 0 Å². The summed E-state index contributed by atoms with van der Waals surface area (Å²) in [5.74, 6) is 0.958. The second-order valence-corrected chi connectivity index (χ2v) is 5.65. The topological polar surface area (TPSA) is 66.5 Å². The molecular formula is C20H16N2O3. The highest BCUT2D eigenvalue weighted by Gasteiger charge is 2.42. The van der Waals surface area contributed by atoms with E-state index in [0.717, 1.165) is 10.5 Å². The van der Waals surface area contributed by atoms with Crippen LogP contribution in [0.3, 0.4) is 0 Å². The third-order valence-corrected chi connectivity index (χ3v) is 4.08. The lowest BCUT2D eigenvalue weighted by atomic mass is 10.0. The van der Waals surface area contributed by atoms with Crippen molar-refractivity contribution in [3.63, 3.8) is 0 Å². The van der Waals surface area contributed by atoms with Crippen molar-refractivity contribution >= 4 is 17.7 Å². The van der Waals surface area contributed by atoms with Gasteiger partial charge in [0.2, 0.25) is 5.91 Å². The first-order valence-corrected chi connectivity index (χ1v) is 7.85. The minimum Gasteiger partial charge on any atom is -0.343 e. The molecule has 2 aromatic carbocycles. The summed E-state index contributed by atoms with van der Waals surface area (Å²) >= 11 is 0.